The molecule has 0 aliphatic carbocycles. The average molecular weight is 198 g/mol. The summed E-state index contributed by atoms with van der Waals surface area (Å²) in [5, 5.41) is 0. The van der Waals surface area contributed by atoms with E-state index in [4.69, 9.17) is 4.74 Å². The number of hydrogen-bond donors (Lipinski definition) is 0. The maximum absolute atomic E-state index is 5.26. The van der Waals surface area contributed by atoms with Gasteiger partial charge in [-0.05, 0) is 6.92 Å². The number of hydrogen-bond acceptors (Lipinski definition) is 2. The predicted octanol–water partition coefficient (Wildman–Crippen LogP) is 2.51. The van der Waals surface area contributed by atoms with Gasteiger partial charge in [-0.15, -0.1) is 0 Å². The average Bonchev–Trinajstić information content (AvgIpc) is 2.69. The zero-order chi connectivity index (χ0) is 10.8. The van der Waals surface area contributed by atoms with Crippen LogP contribution in [0.4, 0.5) is 0 Å². The van der Waals surface area contributed by atoms with Crippen LogP contribution in [0.2, 0.25) is 0 Å². The normalized spacial score (nSPS) is 9.43. The minimum Gasteiger partial charge on any atom is -0.380 e. The number of imidazole rings is 1. The van der Waals surface area contributed by atoms with E-state index in [-0.39, 0.29) is 0 Å². The lowest BCUT2D eigenvalue weighted by Gasteiger charge is -2.05. The van der Waals surface area contributed by atoms with Crippen molar-refractivity contribution in [2.45, 2.75) is 40.7 Å². The van der Waals surface area contributed by atoms with Crippen LogP contribution in [0.1, 0.15) is 33.5 Å². The van der Waals surface area contributed by atoms with Crippen LogP contribution in [0.5, 0.6) is 0 Å². The zero-order valence-corrected chi connectivity index (χ0v) is 9.79. The highest BCUT2D eigenvalue weighted by Crippen LogP contribution is 1.97. The number of nitrogens with zero attached hydrogens (tertiary/aromatic N) is 2. The minimum atomic E-state index is 0.778. The van der Waals surface area contributed by atoms with E-state index in [1.165, 1.54) is 0 Å². The van der Waals surface area contributed by atoms with Gasteiger partial charge in [0.15, 0.2) is 0 Å². The molecular weight excluding hydrogens is 176 g/mol. The third kappa shape index (κ3) is 4.42. The van der Waals surface area contributed by atoms with Gasteiger partial charge in [-0.3, -0.25) is 0 Å². The number of ether oxygens (including phenoxy) is 1. The molecule has 0 fully saturated rings. The molecule has 0 N–H and O–H groups in total. The van der Waals surface area contributed by atoms with Crippen LogP contribution >= 0.6 is 0 Å². The highest BCUT2D eigenvalue weighted by molar-refractivity contribution is 4.91. The van der Waals surface area contributed by atoms with Crippen molar-refractivity contribution in [2.24, 2.45) is 0 Å². The van der Waals surface area contributed by atoms with Crippen molar-refractivity contribution >= 4 is 0 Å². The summed E-state index contributed by atoms with van der Waals surface area (Å²) in [5.41, 5.74) is 0. The van der Waals surface area contributed by atoms with E-state index in [2.05, 4.69) is 16.5 Å². The Kier molecular flexibility index (Phi) is 8.24. The molecular formula is C11H22N2O. The van der Waals surface area contributed by atoms with Crippen molar-refractivity contribution in [3.05, 3.63) is 18.2 Å². The SMILES string of the molecule is CC.CCOCCn1ccnc1CC. The molecule has 1 heterocycles. The van der Waals surface area contributed by atoms with Crippen LogP contribution in [0.3, 0.4) is 0 Å². The van der Waals surface area contributed by atoms with Gasteiger partial charge in [-0.25, -0.2) is 4.98 Å². The summed E-state index contributed by atoms with van der Waals surface area (Å²) >= 11 is 0. The molecule has 0 atom stereocenters. The van der Waals surface area contributed by atoms with Gasteiger partial charge in [-0.2, -0.15) is 0 Å². The topological polar surface area (TPSA) is 27.1 Å². The van der Waals surface area contributed by atoms with Crippen LogP contribution in [-0.4, -0.2) is 22.8 Å². The molecule has 0 unspecified atom stereocenters. The van der Waals surface area contributed by atoms with Crippen molar-refractivity contribution < 1.29 is 4.74 Å². The second-order valence-electron chi connectivity index (χ2n) is 2.59. The lowest BCUT2D eigenvalue weighted by Crippen LogP contribution is -2.07. The summed E-state index contributed by atoms with van der Waals surface area (Å²) < 4.78 is 7.39. The standard InChI is InChI=1S/C9H16N2O.C2H6/c1-3-9-10-5-6-11(9)7-8-12-4-2;1-2/h5-6H,3-4,7-8H2,1-2H3;1-2H3. The van der Waals surface area contributed by atoms with E-state index >= 15 is 0 Å². The van der Waals surface area contributed by atoms with Crippen LogP contribution in [-0.2, 0) is 17.7 Å². The van der Waals surface area contributed by atoms with E-state index in [9.17, 15) is 0 Å². The lowest BCUT2D eigenvalue weighted by atomic mass is 10.4. The molecule has 0 amide bonds. The molecule has 14 heavy (non-hydrogen) atoms. The molecule has 1 rings (SSSR count). The van der Waals surface area contributed by atoms with E-state index in [1.54, 1.807) is 0 Å². The number of aryl methyl sites for hydroxylation is 1. The number of aromatic nitrogens is 2. The Balaban J connectivity index is 0.000000791. The molecule has 0 bridgehead atoms. The van der Waals surface area contributed by atoms with Crippen LogP contribution < -0.4 is 0 Å². The van der Waals surface area contributed by atoms with Gasteiger partial charge in [0.1, 0.15) is 5.82 Å². The van der Waals surface area contributed by atoms with Crippen LogP contribution in [0.25, 0.3) is 0 Å². The Morgan fingerprint density at radius 1 is 1.36 bits per heavy atom. The first-order chi connectivity index (χ1) is 6.88. The Labute approximate surface area is 87.1 Å². The van der Waals surface area contributed by atoms with E-state index < -0.39 is 0 Å². The molecule has 0 spiro atoms. The quantitative estimate of drug-likeness (QED) is 0.680. The first kappa shape index (κ1) is 13.2. The minimum absolute atomic E-state index is 0.778. The Morgan fingerprint density at radius 3 is 2.64 bits per heavy atom. The summed E-state index contributed by atoms with van der Waals surface area (Å²) in [5.74, 6) is 1.13. The van der Waals surface area contributed by atoms with Crippen molar-refractivity contribution in [2.75, 3.05) is 13.2 Å². The monoisotopic (exact) mass is 198 g/mol. The van der Waals surface area contributed by atoms with Crippen molar-refractivity contribution in [1.82, 2.24) is 9.55 Å². The van der Waals surface area contributed by atoms with Crippen LogP contribution in [0.15, 0.2) is 12.4 Å². The second kappa shape index (κ2) is 8.75. The van der Waals surface area contributed by atoms with Gasteiger partial charge >= 0.3 is 0 Å². The zero-order valence-electron chi connectivity index (χ0n) is 9.79. The molecule has 0 aliphatic rings. The Hall–Kier alpha value is -0.830. The van der Waals surface area contributed by atoms with Crippen molar-refractivity contribution in [3.8, 4) is 0 Å². The maximum Gasteiger partial charge on any atom is 0.108 e. The predicted molar refractivity (Wildman–Crippen MR) is 59.4 cm³/mol. The smallest absolute Gasteiger partial charge is 0.108 e. The fraction of sp³-hybridized carbons (Fsp3) is 0.727. The van der Waals surface area contributed by atoms with Gasteiger partial charge in [0.05, 0.1) is 6.61 Å². The molecule has 0 saturated carbocycles. The maximum atomic E-state index is 5.26. The summed E-state index contributed by atoms with van der Waals surface area (Å²) in [4.78, 5) is 4.22. The van der Waals surface area contributed by atoms with Gasteiger partial charge in [0.2, 0.25) is 0 Å². The van der Waals surface area contributed by atoms with Gasteiger partial charge in [0.25, 0.3) is 0 Å². The summed E-state index contributed by atoms with van der Waals surface area (Å²) in [6, 6.07) is 0. The fourth-order valence-corrected chi connectivity index (χ4v) is 1.17. The summed E-state index contributed by atoms with van der Waals surface area (Å²) in [6.45, 7) is 10.6. The molecule has 0 aromatic carbocycles. The number of rotatable bonds is 5. The van der Waals surface area contributed by atoms with E-state index in [0.717, 1.165) is 32.0 Å². The molecule has 3 heteroatoms. The van der Waals surface area contributed by atoms with Gasteiger partial charge in [0, 0.05) is 32.0 Å². The molecule has 82 valence electrons. The lowest BCUT2D eigenvalue weighted by molar-refractivity contribution is 0.138. The highest BCUT2D eigenvalue weighted by Gasteiger charge is 1.98. The molecule has 1 aromatic rings. The fourth-order valence-electron chi connectivity index (χ4n) is 1.17. The summed E-state index contributed by atoms with van der Waals surface area (Å²) in [6.07, 6.45) is 4.82. The molecule has 0 radical (unpaired) electrons. The molecule has 0 aliphatic heterocycles. The van der Waals surface area contributed by atoms with Crippen LogP contribution in [0, 0.1) is 0 Å². The first-order valence-electron chi connectivity index (χ1n) is 5.46. The van der Waals surface area contributed by atoms with E-state index in [1.807, 2.05) is 33.2 Å². The van der Waals surface area contributed by atoms with Crippen molar-refractivity contribution in [1.29, 1.82) is 0 Å². The first-order valence-corrected chi connectivity index (χ1v) is 5.46. The largest absolute Gasteiger partial charge is 0.380 e. The molecule has 0 saturated heterocycles. The third-order valence-electron chi connectivity index (χ3n) is 1.80. The van der Waals surface area contributed by atoms with E-state index in [0.29, 0.717) is 0 Å². The Morgan fingerprint density at radius 2 is 2.07 bits per heavy atom. The summed E-state index contributed by atoms with van der Waals surface area (Å²) in [7, 11) is 0. The molecule has 3 nitrogen and oxygen atoms in total. The van der Waals surface area contributed by atoms with Gasteiger partial charge < -0.3 is 9.30 Å². The van der Waals surface area contributed by atoms with Crippen molar-refractivity contribution in [3.63, 3.8) is 0 Å². The second-order valence-corrected chi connectivity index (χ2v) is 2.59. The molecule has 1 aromatic heterocycles. The Bertz CT molecular complexity index is 221. The van der Waals surface area contributed by atoms with Gasteiger partial charge in [-0.1, -0.05) is 20.8 Å². The highest BCUT2D eigenvalue weighted by atomic mass is 16.5. The third-order valence-corrected chi connectivity index (χ3v) is 1.80.